The molecule has 3 heterocycles. The number of aromatic amines is 1. The van der Waals surface area contributed by atoms with Crippen molar-refractivity contribution < 1.29 is 4.79 Å². The quantitative estimate of drug-likeness (QED) is 0.916. The number of amides is 1. The fourth-order valence-electron chi connectivity index (χ4n) is 2.77. The van der Waals surface area contributed by atoms with Crippen molar-refractivity contribution in [3.63, 3.8) is 0 Å². The number of likely N-dealkylation sites (tertiary alicyclic amines) is 1. The molecule has 1 saturated heterocycles. The van der Waals surface area contributed by atoms with E-state index >= 15 is 0 Å². The van der Waals surface area contributed by atoms with E-state index in [9.17, 15) is 9.59 Å². The second kappa shape index (κ2) is 5.71. The van der Waals surface area contributed by atoms with E-state index in [0.29, 0.717) is 29.2 Å². The zero-order valence-corrected chi connectivity index (χ0v) is 12.7. The van der Waals surface area contributed by atoms with Gasteiger partial charge in [0.05, 0.1) is 11.6 Å². The Balaban J connectivity index is 1.94. The van der Waals surface area contributed by atoms with Gasteiger partial charge in [0.15, 0.2) is 0 Å². The zero-order chi connectivity index (χ0) is 15.7. The highest BCUT2D eigenvalue weighted by atomic mass is 16.2. The number of nitrogens with zero attached hydrogens (tertiary/aromatic N) is 3. The lowest BCUT2D eigenvalue weighted by Crippen LogP contribution is -2.33. The van der Waals surface area contributed by atoms with Crippen molar-refractivity contribution in [1.82, 2.24) is 19.9 Å². The molecule has 6 heteroatoms. The van der Waals surface area contributed by atoms with Gasteiger partial charge in [-0.15, -0.1) is 0 Å². The highest BCUT2D eigenvalue weighted by Crippen LogP contribution is 2.30. The predicted octanol–water partition coefficient (Wildman–Crippen LogP) is 1.76. The van der Waals surface area contributed by atoms with Crippen molar-refractivity contribution in [3.8, 4) is 0 Å². The molecule has 1 aliphatic heterocycles. The topological polar surface area (TPSA) is 79.0 Å². The van der Waals surface area contributed by atoms with Gasteiger partial charge in [-0.05, 0) is 38.8 Å². The summed E-state index contributed by atoms with van der Waals surface area (Å²) in [5.41, 5.74) is 1.75. The van der Waals surface area contributed by atoms with Gasteiger partial charge in [-0.1, -0.05) is 0 Å². The highest BCUT2D eigenvalue weighted by Gasteiger charge is 2.32. The van der Waals surface area contributed by atoms with Gasteiger partial charge >= 0.3 is 0 Å². The summed E-state index contributed by atoms with van der Waals surface area (Å²) >= 11 is 0. The lowest BCUT2D eigenvalue weighted by atomic mass is 10.1. The number of rotatable bonds is 2. The minimum Gasteiger partial charge on any atom is -0.328 e. The third-order valence-electron chi connectivity index (χ3n) is 4.15. The van der Waals surface area contributed by atoms with Crippen molar-refractivity contribution in [2.24, 2.45) is 0 Å². The third-order valence-corrected chi connectivity index (χ3v) is 4.15. The minimum atomic E-state index is -0.181. The molecule has 2 aromatic heterocycles. The number of nitrogens with one attached hydrogen (secondary N) is 1. The standard InChI is InChI=1S/C16H18N4O2/c1-10-11(2)18-14(19-15(10)21)13-6-4-8-20(13)16(22)12-5-3-7-17-9-12/h3,5,7,9,13H,4,6,8H2,1-2H3,(H,18,19,21)/t13-/m1/s1. The van der Waals surface area contributed by atoms with Gasteiger partial charge in [0.2, 0.25) is 0 Å². The lowest BCUT2D eigenvalue weighted by molar-refractivity contribution is 0.0729. The van der Waals surface area contributed by atoms with E-state index in [1.807, 2.05) is 6.92 Å². The largest absolute Gasteiger partial charge is 0.328 e. The van der Waals surface area contributed by atoms with Crippen molar-refractivity contribution in [2.45, 2.75) is 32.7 Å². The van der Waals surface area contributed by atoms with Gasteiger partial charge in [0.1, 0.15) is 5.82 Å². The molecule has 2 aromatic rings. The molecule has 0 aliphatic carbocycles. The monoisotopic (exact) mass is 298 g/mol. The van der Waals surface area contributed by atoms with Crippen molar-refractivity contribution in [3.05, 3.63) is 57.5 Å². The first-order chi connectivity index (χ1) is 10.6. The first-order valence-electron chi connectivity index (χ1n) is 7.36. The summed E-state index contributed by atoms with van der Waals surface area (Å²) in [5.74, 6) is 0.499. The van der Waals surface area contributed by atoms with E-state index in [-0.39, 0.29) is 17.5 Å². The fourth-order valence-corrected chi connectivity index (χ4v) is 2.77. The smallest absolute Gasteiger partial charge is 0.256 e. The Morgan fingerprint density at radius 1 is 1.41 bits per heavy atom. The maximum Gasteiger partial charge on any atom is 0.256 e. The molecule has 1 N–H and O–H groups in total. The minimum absolute atomic E-state index is 0.0727. The van der Waals surface area contributed by atoms with E-state index in [1.54, 1.807) is 36.4 Å². The molecule has 0 unspecified atom stereocenters. The average molecular weight is 298 g/mol. The molecule has 0 saturated carbocycles. The normalized spacial score (nSPS) is 17.7. The fraction of sp³-hybridized carbons (Fsp3) is 0.375. The number of carbonyl (C=O) groups is 1. The molecule has 1 atom stereocenters. The summed E-state index contributed by atoms with van der Waals surface area (Å²) in [6.07, 6.45) is 4.90. The van der Waals surface area contributed by atoms with E-state index in [1.165, 1.54) is 0 Å². The summed E-state index contributed by atoms with van der Waals surface area (Å²) in [5, 5.41) is 0. The molecule has 0 radical (unpaired) electrons. The average Bonchev–Trinajstić information content (AvgIpc) is 3.01. The van der Waals surface area contributed by atoms with E-state index in [4.69, 9.17) is 0 Å². The van der Waals surface area contributed by atoms with Crippen LogP contribution in [0.15, 0.2) is 29.3 Å². The summed E-state index contributed by atoms with van der Waals surface area (Å²) in [6.45, 7) is 4.23. The lowest BCUT2D eigenvalue weighted by Gasteiger charge is -2.24. The van der Waals surface area contributed by atoms with Crippen LogP contribution >= 0.6 is 0 Å². The maximum atomic E-state index is 12.6. The van der Waals surface area contributed by atoms with Gasteiger partial charge in [0, 0.05) is 30.2 Å². The van der Waals surface area contributed by atoms with Crippen LogP contribution in [0.5, 0.6) is 0 Å². The van der Waals surface area contributed by atoms with Crippen molar-refractivity contribution in [1.29, 1.82) is 0 Å². The first kappa shape index (κ1) is 14.4. The second-order valence-corrected chi connectivity index (χ2v) is 5.56. The van der Waals surface area contributed by atoms with E-state index in [2.05, 4.69) is 15.0 Å². The number of aromatic nitrogens is 3. The Labute approximate surface area is 128 Å². The Morgan fingerprint density at radius 3 is 2.91 bits per heavy atom. The molecule has 22 heavy (non-hydrogen) atoms. The molecule has 1 amide bonds. The third kappa shape index (κ3) is 2.52. The molecule has 1 fully saturated rings. The number of pyridine rings is 1. The number of carbonyl (C=O) groups excluding carboxylic acids is 1. The Hall–Kier alpha value is -2.50. The van der Waals surface area contributed by atoms with Crippen LogP contribution in [-0.2, 0) is 0 Å². The van der Waals surface area contributed by atoms with Crippen molar-refractivity contribution >= 4 is 5.91 Å². The summed E-state index contributed by atoms with van der Waals surface area (Å²) in [6, 6.07) is 3.31. The molecule has 114 valence electrons. The van der Waals surface area contributed by atoms with E-state index in [0.717, 1.165) is 12.8 Å². The van der Waals surface area contributed by atoms with Gasteiger partial charge in [-0.3, -0.25) is 14.6 Å². The molecular weight excluding hydrogens is 280 g/mol. The number of H-pyrrole nitrogens is 1. The molecule has 0 spiro atoms. The van der Waals surface area contributed by atoms with Gasteiger partial charge in [0.25, 0.3) is 11.5 Å². The van der Waals surface area contributed by atoms with Crippen molar-refractivity contribution in [2.75, 3.05) is 6.54 Å². The van der Waals surface area contributed by atoms with Gasteiger partial charge in [-0.25, -0.2) is 4.98 Å². The SMILES string of the molecule is Cc1nc([C@H]2CCCN2C(=O)c2cccnc2)[nH]c(=O)c1C. The molecule has 1 aliphatic rings. The van der Waals surface area contributed by atoms with Gasteiger partial charge in [-0.2, -0.15) is 0 Å². The second-order valence-electron chi connectivity index (χ2n) is 5.56. The van der Waals surface area contributed by atoms with Crippen LogP contribution in [0, 0.1) is 13.8 Å². The molecular formula is C16H18N4O2. The predicted molar refractivity (Wildman–Crippen MR) is 81.6 cm³/mol. The molecule has 0 bridgehead atoms. The van der Waals surface area contributed by atoms with E-state index < -0.39 is 0 Å². The van der Waals surface area contributed by atoms with Crippen LogP contribution in [-0.4, -0.2) is 32.3 Å². The van der Waals surface area contributed by atoms with Crippen LogP contribution in [0.2, 0.25) is 0 Å². The maximum absolute atomic E-state index is 12.6. The Kier molecular flexibility index (Phi) is 3.75. The molecule has 6 nitrogen and oxygen atoms in total. The van der Waals surface area contributed by atoms with Crippen LogP contribution in [0.1, 0.15) is 46.3 Å². The summed E-state index contributed by atoms with van der Waals surface area (Å²) in [4.78, 5) is 37.6. The summed E-state index contributed by atoms with van der Waals surface area (Å²) < 4.78 is 0. The van der Waals surface area contributed by atoms with Crippen LogP contribution in [0.4, 0.5) is 0 Å². The first-order valence-corrected chi connectivity index (χ1v) is 7.36. The highest BCUT2D eigenvalue weighted by molar-refractivity contribution is 5.94. The van der Waals surface area contributed by atoms with Crippen LogP contribution in [0.25, 0.3) is 0 Å². The Bertz CT molecular complexity index is 754. The van der Waals surface area contributed by atoms with Crippen LogP contribution < -0.4 is 5.56 Å². The number of hydrogen-bond acceptors (Lipinski definition) is 4. The van der Waals surface area contributed by atoms with Crippen LogP contribution in [0.3, 0.4) is 0 Å². The molecule has 0 aromatic carbocycles. The Morgan fingerprint density at radius 2 is 2.23 bits per heavy atom. The van der Waals surface area contributed by atoms with Gasteiger partial charge < -0.3 is 9.88 Å². The molecule has 3 rings (SSSR count). The number of aryl methyl sites for hydroxylation is 1. The zero-order valence-electron chi connectivity index (χ0n) is 12.7. The summed E-state index contributed by atoms with van der Waals surface area (Å²) in [7, 11) is 0. The number of hydrogen-bond donors (Lipinski definition) is 1.